The van der Waals surface area contributed by atoms with Gasteiger partial charge in [-0.1, -0.05) is 0 Å². The molecule has 5 nitrogen and oxygen atoms in total. The van der Waals surface area contributed by atoms with Crippen molar-refractivity contribution >= 4 is 11.8 Å². The number of carbonyl (C=O) groups excluding carboxylic acids is 1. The van der Waals surface area contributed by atoms with Gasteiger partial charge in [0.1, 0.15) is 5.60 Å². The van der Waals surface area contributed by atoms with Gasteiger partial charge in [0, 0.05) is 44.0 Å². The predicted octanol–water partition coefficient (Wildman–Crippen LogP) is 3.94. The van der Waals surface area contributed by atoms with Crippen molar-refractivity contribution in [1.82, 2.24) is 9.88 Å². The van der Waals surface area contributed by atoms with E-state index in [0.717, 1.165) is 19.0 Å². The third kappa shape index (κ3) is 3.88. The third-order valence-corrected chi connectivity index (χ3v) is 4.81. The Balaban J connectivity index is 1.70. The van der Waals surface area contributed by atoms with E-state index >= 15 is 0 Å². The molecule has 26 heavy (non-hydrogen) atoms. The number of pyridine rings is 1. The minimum atomic E-state index is -4.43. The molecule has 3 heterocycles. The molecule has 0 bridgehead atoms. The molecule has 0 N–H and O–H groups in total. The highest BCUT2D eigenvalue weighted by Gasteiger charge is 2.49. The Morgan fingerprint density at radius 3 is 2.54 bits per heavy atom. The Bertz CT molecular complexity index is 679. The number of alkyl halides is 3. The zero-order chi connectivity index (χ0) is 19.2. The number of anilines is 1. The number of aromatic nitrogens is 1. The molecular formula is C18H24F3N3O2. The first-order valence-corrected chi connectivity index (χ1v) is 8.73. The number of hydrogen-bond acceptors (Lipinski definition) is 4. The largest absolute Gasteiger partial charge is 0.444 e. The van der Waals surface area contributed by atoms with Gasteiger partial charge in [0.2, 0.25) is 0 Å². The fraction of sp³-hybridized carbons (Fsp3) is 0.667. The number of amides is 1. The summed E-state index contributed by atoms with van der Waals surface area (Å²) in [5.74, 6) is 0. The van der Waals surface area contributed by atoms with Crippen LogP contribution in [0.4, 0.5) is 23.7 Å². The maximum absolute atomic E-state index is 13.3. The van der Waals surface area contributed by atoms with Gasteiger partial charge in [-0.15, -0.1) is 0 Å². The van der Waals surface area contributed by atoms with Crippen LogP contribution < -0.4 is 4.90 Å². The molecular weight excluding hydrogens is 347 g/mol. The van der Waals surface area contributed by atoms with Crippen molar-refractivity contribution < 1.29 is 22.7 Å². The van der Waals surface area contributed by atoms with E-state index in [-0.39, 0.29) is 17.2 Å². The van der Waals surface area contributed by atoms with Crippen LogP contribution in [0.2, 0.25) is 0 Å². The molecule has 2 aliphatic rings. The van der Waals surface area contributed by atoms with Crippen molar-refractivity contribution in [1.29, 1.82) is 0 Å². The van der Waals surface area contributed by atoms with E-state index in [2.05, 4.69) is 4.98 Å². The SMILES string of the molecule is CC(C)(C)OC(=O)N1CC2(CCCN(c3ccncc3C(F)(F)F)C2)C1. The van der Waals surface area contributed by atoms with E-state index in [1.54, 1.807) is 9.80 Å². The molecule has 2 fully saturated rings. The van der Waals surface area contributed by atoms with Crippen LogP contribution in [0.5, 0.6) is 0 Å². The van der Waals surface area contributed by atoms with Gasteiger partial charge in [0.05, 0.1) is 11.3 Å². The van der Waals surface area contributed by atoms with Crippen LogP contribution in [0, 0.1) is 5.41 Å². The quantitative estimate of drug-likeness (QED) is 0.750. The molecule has 0 saturated carbocycles. The summed E-state index contributed by atoms with van der Waals surface area (Å²) in [5, 5.41) is 0. The first-order valence-electron chi connectivity index (χ1n) is 8.73. The van der Waals surface area contributed by atoms with E-state index in [0.29, 0.717) is 26.2 Å². The number of carbonyl (C=O) groups is 1. The fourth-order valence-corrected chi connectivity index (χ4v) is 3.77. The van der Waals surface area contributed by atoms with Crippen LogP contribution >= 0.6 is 0 Å². The molecule has 0 aliphatic carbocycles. The second kappa shape index (κ2) is 6.32. The van der Waals surface area contributed by atoms with Crippen LogP contribution in [-0.4, -0.2) is 47.8 Å². The molecule has 2 aliphatic heterocycles. The van der Waals surface area contributed by atoms with E-state index in [1.807, 2.05) is 20.8 Å². The molecule has 0 atom stereocenters. The Labute approximate surface area is 151 Å². The van der Waals surface area contributed by atoms with E-state index in [4.69, 9.17) is 4.74 Å². The molecule has 1 spiro atoms. The molecule has 0 aromatic carbocycles. The molecule has 3 rings (SSSR count). The van der Waals surface area contributed by atoms with Gasteiger partial charge in [-0.25, -0.2) is 4.79 Å². The number of nitrogens with zero attached hydrogens (tertiary/aromatic N) is 3. The van der Waals surface area contributed by atoms with Gasteiger partial charge >= 0.3 is 12.3 Å². The van der Waals surface area contributed by atoms with E-state index in [9.17, 15) is 18.0 Å². The van der Waals surface area contributed by atoms with Crippen molar-refractivity contribution in [3.63, 3.8) is 0 Å². The minimum absolute atomic E-state index is 0.165. The van der Waals surface area contributed by atoms with Crippen LogP contribution in [0.1, 0.15) is 39.2 Å². The predicted molar refractivity (Wildman–Crippen MR) is 90.9 cm³/mol. The summed E-state index contributed by atoms with van der Waals surface area (Å²) in [6.07, 6.45) is -0.836. The maximum atomic E-state index is 13.3. The topological polar surface area (TPSA) is 45.7 Å². The summed E-state index contributed by atoms with van der Waals surface area (Å²) in [7, 11) is 0. The first-order chi connectivity index (χ1) is 12.0. The lowest BCUT2D eigenvalue weighted by Gasteiger charge is -2.54. The highest BCUT2D eigenvalue weighted by atomic mass is 19.4. The summed E-state index contributed by atoms with van der Waals surface area (Å²) in [4.78, 5) is 19.2. The normalized spacial score (nSPS) is 20.1. The zero-order valence-electron chi connectivity index (χ0n) is 15.3. The molecule has 8 heteroatoms. The van der Waals surface area contributed by atoms with Gasteiger partial charge in [0.25, 0.3) is 0 Å². The summed E-state index contributed by atoms with van der Waals surface area (Å²) in [5.41, 5.74) is -1.26. The molecule has 2 saturated heterocycles. The summed E-state index contributed by atoms with van der Waals surface area (Å²) < 4.78 is 45.2. The molecule has 1 amide bonds. The van der Waals surface area contributed by atoms with Crippen LogP contribution in [-0.2, 0) is 10.9 Å². The number of ether oxygens (including phenoxy) is 1. The lowest BCUT2D eigenvalue weighted by Crippen LogP contribution is -2.64. The average Bonchev–Trinajstić information content (AvgIpc) is 2.50. The number of halogens is 3. The zero-order valence-corrected chi connectivity index (χ0v) is 15.3. The first kappa shape index (κ1) is 18.8. The summed E-state index contributed by atoms with van der Waals surface area (Å²) >= 11 is 0. The summed E-state index contributed by atoms with van der Waals surface area (Å²) in [6.45, 7) is 7.54. The van der Waals surface area contributed by atoms with Gasteiger partial charge in [0.15, 0.2) is 0 Å². The Kier molecular flexibility index (Phi) is 4.56. The van der Waals surface area contributed by atoms with Gasteiger partial charge < -0.3 is 14.5 Å². The average molecular weight is 371 g/mol. The second-order valence-corrected chi connectivity index (χ2v) is 8.25. The van der Waals surface area contributed by atoms with Crippen molar-refractivity contribution in [2.45, 2.75) is 45.4 Å². The number of piperidine rings is 1. The molecule has 0 unspecified atom stereocenters. The lowest BCUT2D eigenvalue weighted by atomic mass is 9.73. The minimum Gasteiger partial charge on any atom is -0.444 e. The number of rotatable bonds is 1. The second-order valence-electron chi connectivity index (χ2n) is 8.25. The number of hydrogen-bond donors (Lipinski definition) is 0. The molecule has 0 radical (unpaired) electrons. The highest BCUT2D eigenvalue weighted by Crippen LogP contribution is 2.43. The van der Waals surface area contributed by atoms with Gasteiger partial charge in [-0.3, -0.25) is 4.98 Å². The van der Waals surface area contributed by atoms with Crippen LogP contribution in [0.3, 0.4) is 0 Å². The summed E-state index contributed by atoms with van der Waals surface area (Å²) in [6, 6.07) is 1.42. The van der Waals surface area contributed by atoms with E-state index in [1.165, 1.54) is 12.3 Å². The van der Waals surface area contributed by atoms with Crippen molar-refractivity contribution in [3.8, 4) is 0 Å². The van der Waals surface area contributed by atoms with Crippen LogP contribution in [0.25, 0.3) is 0 Å². The maximum Gasteiger partial charge on any atom is 0.419 e. The fourth-order valence-electron chi connectivity index (χ4n) is 3.77. The lowest BCUT2D eigenvalue weighted by molar-refractivity contribution is -0.137. The Morgan fingerprint density at radius 1 is 1.23 bits per heavy atom. The van der Waals surface area contributed by atoms with Crippen molar-refractivity contribution in [2.24, 2.45) is 5.41 Å². The Hall–Kier alpha value is -1.99. The molecule has 1 aromatic rings. The smallest absolute Gasteiger partial charge is 0.419 e. The molecule has 144 valence electrons. The number of likely N-dealkylation sites (tertiary alicyclic amines) is 1. The van der Waals surface area contributed by atoms with Crippen molar-refractivity contribution in [3.05, 3.63) is 24.0 Å². The van der Waals surface area contributed by atoms with Crippen molar-refractivity contribution in [2.75, 3.05) is 31.1 Å². The Morgan fingerprint density at radius 2 is 1.92 bits per heavy atom. The van der Waals surface area contributed by atoms with Crippen LogP contribution in [0.15, 0.2) is 18.5 Å². The monoisotopic (exact) mass is 371 g/mol. The van der Waals surface area contributed by atoms with Gasteiger partial charge in [-0.2, -0.15) is 13.2 Å². The third-order valence-electron chi connectivity index (χ3n) is 4.81. The highest BCUT2D eigenvalue weighted by molar-refractivity contribution is 5.69. The van der Waals surface area contributed by atoms with E-state index < -0.39 is 17.3 Å². The molecule has 1 aromatic heterocycles. The van der Waals surface area contributed by atoms with Gasteiger partial charge in [-0.05, 0) is 39.7 Å². The standard InChI is InChI=1S/C18H24F3N3O2/c1-16(2,3)26-15(25)24-11-17(12-24)6-4-8-23(10-17)14-5-7-22-9-13(14)18(19,20)21/h5,7,9H,4,6,8,10-12H2,1-3H3.